The Hall–Kier alpha value is -3.73. The van der Waals surface area contributed by atoms with Crippen molar-refractivity contribution in [1.29, 1.82) is 0 Å². The molecule has 1 atom stereocenters. The van der Waals surface area contributed by atoms with Gasteiger partial charge in [0, 0.05) is 6.42 Å². The zero-order valence-electron chi connectivity index (χ0n) is 17.1. The van der Waals surface area contributed by atoms with Gasteiger partial charge in [0.1, 0.15) is 19.0 Å². The normalized spacial score (nSPS) is 15.5. The Labute approximate surface area is 181 Å². The molecule has 0 N–H and O–H groups in total. The van der Waals surface area contributed by atoms with Gasteiger partial charge in [-0.3, -0.25) is 0 Å². The van der Waals surface area contributed by atoms with Crippen LogP contribution in [0.1, 0.15) is 17.5 Å². The summed E-state index contributed by atoms with van der Waals surface area (Å²) in [6.45, 7) is 0.962. The van der Waals surface area contributed by atoms with Gasteiger partial charge in [0.15, 0.2) is 11.9 Å². The summed E-state index contributed by atoms with van der Waals surface area (Å²) in [4.78, 5) is 12.5. The summed E-state index contributed by atoms with van der Waals surface area (Å²) in [5.74, 6) is 0.803. The van der Waals surface area contributed by atoms with Crippen molar-refractivity contribution in [2.75, 3.05) is 6.61 Å². The molecule has 31 heavy (non-hydrogen) atoms. The number of hydrogen-bond donors (Lipinski definition) is 0. The van der Waals surface area contributed by atoms with Crippen LogP contribution in [-0.4, -0.2) is 18.7 Å². The van der Waals surface area contributed by atoms with E-state index < -0.39 is 12.1 Å². The van der Waals surface area contributed by atoms with Crippen LogP contribution in [0.4, 0.5) is 0 Å². The van der Waals surface area contributed by atoms with E-state index in [0.29, 0.717) is 25.4 Å². The van der Waals surface area contributed by atoms with E-state index in [1.165, 1.54) is 0 Å². The number of carbonyl (C=O) groups is 1. The number of ether oxygens (including phenoxy) is 4. The van der Waals surface area contributed by atoms with Crippen molar-refractivity contribution in [2.45, 2.75) is 25.7 Å². The molecule has 3 aromatic carbocycles. The highest BCUT2D eigenvalue weighted by Gasteiger charge is 2.37. The molecule has 1 aliphatic rings. The van der Waals surface area contributed by atoms with Gasteiger partial charge in [0.25, 0.3) is 0 Å². The Kier molecular flexibility index (Phi) is 6.85. The molecule has 0 saturated heterocycles. The summed E-state index contributed by atoms with van der Waals surface area (Å²) in [5.41, 5.74) is 1.96. The van der Waals surface area contributed by atoms with Crippen LogP contribution in [0.15, 0.2) is 103 Å². The molecular weight excluding hydrogens is 392 g/mol. The first-order chi connectivity index (χ1) is 15.3. The molecule has 0 amide bonds. The number of cyclic esters (lactones) is 1. The van der Waals surface area contributed by atoms with Crippen molar-refractivity contribution in [3.63, 3.8) is 0 Å². The summed E-state index contributed by atoms with van der Waals surface area (Å²) in [7, 11) is 0. The summed E-state index contributed by atoms with van der Waals surface area (Å²) in [6.07, 6.45) is -0.0890. The van der Waals surface area contributed by atoms with E-state index >= 15 is 0 Å². The predicted molar refractivity (Wildman–Crippen MR) is 116 cm³/mol. The van der Waals surface area contributed by atoms with Gasteiger partial charge < -0.3 is 18.9 Å². The minimum atomic E-state index is -0.550. The molecule has 1 aliphatic heterocycles. The maximum atomic E-state index is 12.5. The Morgan fingerprint density at radius 3 is 1.84 bits per heavy atom. The summed E-state index contributed by atoms with van der Waals surface area (Å²) in [6, 6.07) is 29.0. The van der Waals surface area contributed by atoms with Crippen molar-refractivity contribution >= 4 is 5.97 Å². The molecule has 0 saturated carbocycles. The number of esters is 1. The first kappa shape index (κ1) is 20.5. The Balaban J connectivity index is 1.45. The molecule has 0 aliphatic carbocycles. The second-order valence-corrected chi connectivity index (χ2v) is 7.09. The van der Waals surface area contributed by atoms with Gasteiger partial charge in [-0.15, -0.1) is 0 Å². The Morgan fingerprint density at radius 1 is 0.677 bits per heavy atom. The monoisotopic (exact) mass is 416 g/mol. The molecule has 0 aromatic heterocycles. The molecule has 158 valence electrons. The fourth-order valence-corrected chi connectivity index (χ4v) is 3.23. The molecule has 4 rings (SSSR count). The molecular formula is C26H24O5. The largest absolute Gasteiger partial charge is 0.493 e. The number of benzene rings is 3. The van der Waals surface area contributed by atoms with E-state index in [1.807, 2.05) is 91.0 Å². The second-order valence-electron chi connectivity index (χ2n) is 7.09. The molecule has 0 radical (unpaired) electrons. The van der Waals surface area contributed by atoms with E-state index in [4.69, 9.17) is 18.9 Å². The minimum absolute atomic E-state index is 0.129. The first-order valence-corrected chi connectivity index (χ1v) is 10.3. The zero-order valence-corrected chi connectivity index (χ0v) is 17.1. The Morgan fingerprint density at radius 2 is 1.23 bits per heavy atom. The third-order valence-corrected chi connectivity index (χ3v) is 4.81. The predicted octanol–water partition coefficient (Wildman–Crippen LogP) is 5.03. The van der Waals surface area contributed by atoms with Crippen LogP contribution in [0.5, 0.6) is 5.75 Å². The SMILES string of the molecule is O=C1OC(CCOc2ccccc2)C(OCc2ccccc2)=C1OCc1ccccc1. The van der Waals surface area contributed by atoms with Crippen molar-refractivity contribution in [3.8, 4) is 5.75 Å². The van der Waals surface area contributed by atoms with Gasteiger partial charge in [0.2, 0.25) is 5.76 Å². The van der Waals surface area contributed by atoms with Gasteiger partial charge in [-0.25, -0.2) is 4.79 Å². The van der Waals surface area contributed by atoms with Crippen LogP contribution in [0.25, 0.3) is 0 Å². The number of rotatable bonds is 10. The van der Waals surface area contributed by atoms with E-state index in [0.717, 1.165) is 16.9 Å². The molecule has 3 aromatic rings. The minimum Gasteiger partial charge on any atom is -0.493 e. The Bertz CT molecular complexity index is 1000. The summed E-state index contributed by atoms with van der Waals surface area (Å²) in [5, 5.41) is 0. The van der Waals surface area contributed by atoms with Crippen LogP contribution in [-0.2, 0) is 32.2 Å². The molecule has 0 bridgehead atoms. The van der Waals surface area contributed by atoms with E-state index in [1.54, 1.807) is 0 Å². The quantitative estimate of drug-likeness (QED) is 0.434. The lowest BCUT2D eigenvalue weighted by molar-refractivity contribution is -0.143. The maximum Gasteiger partial charge on any atom is 0.378 e. The molecule has 1 unspecified atom stereocenters. The molecule has 0 spiro atoms. The summed E-state index contributed by atoms with van der Waals surface area (Å²) < 4.78 is 23.2. The van der Waals surface area contributed by atoms with E-state index in [-0.39, 0.29) is 12.4 Å². The maximum absolute atomic E-state index is 12.5. The van der Waals surface area contributed by atoms with Crippen LogP contribution in [0.2, 0.25) is 0 Å². The average Bonchev–Trinajstić information content (AvgIpc) is 3.12. The molecule has 5 nitrogen and oxygen atoms in total. The third kappa shape index (κ3) is 5.66. The van der Waals surface area contributed by atoms with E-state index in [2.05, 4.69) is 0 Å². The zero-order chi connectivity index (χ0) is 21.3. The van der Waals surface area contributed by atoms with Crippen molar-refractivity contribution in [1.82, 2.24) is 0 Å². The highest BCUT2D eigenvalue weighted by atomic mass is 16.6. The lowest BCUT2D eigenvalue weighted by Crippen LogP contribution is -2.17. The summed E-state index contributed by atoms with van der Waals surface area (Å²) >= 11 is 0. The van der Waals surface area contributed by atoms with Gasteiger partial charge in [-0.2, -0.15) is 0 Å². The first-order valence-electron chi connectivity index (χ1n) is 10.3. The fraction of sp³-hybridized carbons (Fsp3) is 0.192. The average molecular weight is 416 g/mol. The van der Waals surface area contributed by atoms with Crippen LogP contribution < -0.4 is 4.74 Å². The second kappa shape index (κ2) is 10.3. The molecule has 5 heteroatoms. The van der Waals surface area contributed by atoms with Gasteiger partial charge >= 0.3 is 5.97 Å². The number of carbonyl (C=O) groups excluding carboxylic acids is 1. The van der Waals surface area contributed by atoms with E-state index in [9.17, 15) is 4.79 Å². The van der Waals surface area contributed by atoms with Gasteiger partial charge in [-0.1, -0.05) is 78.9 Å². The highest BCUT2D eigenvalue weighted by molar-refractivity contribution is 5.89. The fourth-order valence-electron chi connectivity index (χ4n) is 3.23. The van der Waals surface area contributed by atoms with Crippen LogP contribution in [0, 0.1) is 0 Å². The smallest absolute Gasteiger partial charge is 0.378 e. The highest BCUT2D eigenvalue weighted by Crippen LogP contribution is 2.29. The van der Waals surface area contributed by atoms with Crippen molar-refractivity contribution < 1.29 is 23.7 Å². The lowest BCUT2D eigenvalue weighted by Gasteiger charge is -2.15. The van der Waals surface area contributed by atoms with Gasteiger partial charge in [-0.05, 0) is 23.3 Å². The van der Waals surface area contributed by atoms with Crippen molar-refractivity contribution in [3.05, 3.63) is 114 Å². The number of para-hydroxylation sites is 1. The van der Waals surface area contributed by atoms with Crippen LogP contribution >= 0.6 is 0 Å². The third-order valence-electron chi connectivity index (χ3n) is 4.81. The molecule has 1 heterocycles. The molecule has 0 fully saturated rings. The van der Waals surface area contributed by atoms with Crippen molar-refractivity contribution in [2.24, 2.45) is 0 Å². The topological polar surface area (TPSA) is 54.0 Å². The standard InChI is InChI=1S/C26H24O5/c27-26-25(30-19-21-12-6-2-7-13-21)24(29-18-20-10-4-1-5-11-20)23(31-26)16-17-28-22-14-8-3-9-15-22/h1-15,23H,16-19H2. The van der Waals surface area contributed by atoms with Gasteiger partial charge in [0.05, 0.1) is 6.61 Å². The lowest BCUT2D eigenvalue weighted by atomic mass is 10.2. The van der Waals surface area contributed by atoms with Crippen LogP contribution in [0.3, 0.4) is 0 Å². The number of hydrogen-bond acceptors (Lipinski definition) is 5.